The van der Waals surface area contributed by atoms with Crippen LogP contribution in [0.4, 0.5) is 0 Å². The summed E-state index contributed by atoms with van der Waals surface area (Å²) in [5.41, 5.74) is 0. The van der Waals surface area contributed by atoms with E-state index in [1.54, 1.807) is 11.0 Å². The molecule has 5 heteroatoms. The first-order chi connectivity index (χ1) is 8.75. The van der Waals surface area contributed by atoms with Gasteiger partial charge in [0.05, 0.1) is 0 Å². The standard InChI is InChI=1S/C13H15NO3S/c15-12(14-7-1-2-8-14)10-17-13(16)6-5-11-4-3-9-18-11/h3-6,9H,1-2,7-8,10H2/b6-5+. The summed E-state index contributed by atoms with van der Waals surface area (Å²) in [6.07, 6.45) is 5.12. The first-order valence-corrected chi connectivity index (χ1v) is 6.80. The van der Waals surface area contributed by atoms with Crippen molar-refractivity contribution in [3.8, 4) is 0 Å². The van der Waals surface area contributed by atoms with Gasteiger partial charge in [0, 0.05) is 24.0 Å². The van der Waals surface area contributed by atoms with Gasteiger partial charge in [-0.1, -0.05) is 6.07 Å². The number of amides is 1. The van der Waals surface area contributed by atoms with Crippen molar-refractivity contribution in [3.05, 3.63) is 28.5 Å². The average molecular weight is 265 g/mol. The van der Waals surface area contributed by atoms with Crippen LogP contribution in [0.2, 0.25) is 0 Å². The van der Waals surface area contributed by atoms with Gasteiger partial charge < -0.3 is 9.64 Å². The lowest BCUT2D eigenvalue weighted by Gasteiger charge is -2.14. The molecular formula is C13H15NO3S. The van der Waals surface area contributed by atoms with E-state index >= 15 is 0 Å². The Morgan fingerprint density at radius 2 is 2.17 bits per heavy atom. The van der Waals surface area contributed by atoms with Gasteiger partial charge in [0.15, 0.2) is 6.61 Å². The number of esters is 1. The number of likely N-dealkylation sites (tertiary alicyclic amines) is 1. The zero-order chi connectivity index (χ0) is 12.8. The van der Waals surface area contributed by atoms with Crippen molar-refractivity contribution in [1.82, 2.24) is 4.90 Å². The minimum Gasteiger partial charge on any atom is -0.452 e. The van der Waals surface area contributed by atoms with E-state index in [-0.39, 0.29) is 12.5 Å². The van der Waals surface area contributed by atoms with Gasteiger partial charge in [-0.25, -0.2) is 4.79 Å². The van der Waals surface area contributed by atoms with E-state index in [1.807, 2.05) is 17.5 Å². The molecule has 1 fully saturated rings. The maximum atomic E-state index is 11.6. The Balaban J connectivity index is 1.73. The summed E-state index contributed by atoms with van der Waals surface area (Å²) >= 11 is 1.54. The molecule has 0 atom stereocenters. The summed E-state index contributed by atoms with van der Waals surface area (Å²) in [6, 6.07) is 3.82. The topological polar surface area (TPSA) is 46.6 Å². The quantitative estimate of drug-likeness (QED) is 0.617. The first kappa shape index (κ1) is 12.8. The fourth-order valence-corrected chi connectivity index (χ4v) is 2.39. The number of carbonyl (C=O) groups is 2. The third-order valence-corrected chi connectivity index (χ3v) is 3.56. The van der Waals surface area contributed by atoms with E-state index in [4.69, 9.17) is 4.74 Å². The van der Waals surface area contributed by atoms with E-state index in [9.17, 15) is 9.59 Å². The smallest absolute Gasteiger partial charge is 0.331 e. The lowest BCUT2D eigenvalue weighted by molar-refractivity contribution is -0.147. The second-order valence-electron chi connectivity index (χ2n) is 4.04. The molecule has 0 aliphatic carbocycles. The molecule has 2 rings (SSSR count). The average Bonchev–Trinajstić information content (AvgIpc) is 3.05. The molecule has 96 valence electrons. The van der Waals surface area contributed by atoms with Gasteiger partial charge in [-0.2, -0.15) is 0 Å². The van der Waals surface area contributed by atoms with E-state index in [0.29, 0.717) is 0 Å². The maximum Gasteiger partial charge on any atom is 0.331 e. The second kappa shape index (κ2) is 6.35. The molecule has 0 bridgehead atoms. The number of hydrogen-bond acceptors (Lipinski definition) is 4. The van der Waals surface area contributed by atoms with Crippen molar-refractivity contribution in [2.45, 2.75) is 12.8 Å². The normalized spacial score (nSPS) is 15.2. The maximum absolute atomic E-state index is 11.6. The summed E-state index contributed by atoms with van der Waals surface area (Å²) in [7, 11) is 0. The summed E-state index contributed by atoms with van der Waals surface area (Å²) in [5, 5.41) is 1.93. The SMILES string of the molecule is O=C(/C=C/c1cccs1)OCC(=O)N1CCCC1. The largest absolute Gasteiger partial charge is 0.452 e. The molecule has 0 saturated carbocycles. The van der Waals surface area contributed by atoms with Gasteiger partial charge in [-0.15, -0.1) is 11.3 Å². The highest BCUT2D eigenvalue weighted by Crippen LogP contribution is 2.10. The van der Waals surface area contributed by atoms with E-state index < -0.39 is 5.97 Å². The van der Waals surface area contributed by atoms with Crippen LogP contribution in [0.1, 0.15) is 17.7 Å². The van der Waals surface area contributed by atoms with Gasteiger partial charge in [0.1, 0.15) is 0 Å². The fourth-order valence-electron chi connectivity index (χ4n) is 1.78. The molecule has 4 nitrogen and oxygen atoms in total. The number of ether oxygens (including phenoxy) is 1. The molecule has 0 N–H and O–H groups in total. The molecule has 0 spiro atoms. The van der Waals surface area contributed by atoms with Crippen LogP contribution in [0.3, 0.4) is 0 Å². The Morgan fingerprint density at radius 3 is 2.83 bits per heavy atom. The van der Waals surface area contributed by atoms with Gasteiger partial charge in [0.25, 0.3) is 5.91 Å². The molecule has 1 aliphatic rings. The zero-order valence-electron chi connectivity index (χ0n) is 10.0. The Hall–Kier alpha value is -1.62. The van der Waals surface area contributed by atoms with Crippen molar-refractivity contribution >= 4 is 29.3 Å². The molecule has 1 aromatic rings. The van der Waals surface area contributed by atoms with Crippen LogP contribution in [0.25, 0.3) is 6.08 Å². The predicted molar refractivity (Wildman–Crippen MR) is 70.1 cm³/mol. The van der Waals surface area contributed by atoms with Gasteiger partial charge in [-0.3, -0.25) is 4.79 Å². The van der Waals surface area contributed by atoms with E-state index in [1.165, 1.54) is 17.4 Å². The van der Waals surface area contributed by atoms with Crippen LogP contribution >= 0.6 is 11.3 Å². The molecular weight excluding hydrogens is 250 g/mol. The Morgan fingerprint density at radius 1 is 1.39 bits per heavy atom. The number of nitrogens with zero attached hydrogens (tertiary/aromatic N) is 1. The second-order valence-corrected chi connectivity index (χ2v) is 5.02. The Labute approximate surface area is 110 Å². The zero-order valence-corrected chi connectivity index (χ0v) is 10.8. The lowest BCUT2D eigenvalue weighted by atomic mass is 10.4. The van der Waals surface area contributed by atoms with Crippen LogP contribution in [0.15, 0.2) is 23.6 Å². The molecule has 0 radical (unpaired) electrons. The molecule has 1 amide bonds. The molecule has 1 aromatic heterocycles. The van der Waals surface area contributed by atoms with Gasteiger partial charge in [-0.05, 0) is 30.4 Å². The van der Waals surface area contributed by atoms with Crippen molar-refractivity contribution < 1.29 is 14.3 Å². The van der Waals surface area contributed by atoms with E-state index in [2.05, 4.69) is 0 Å². The van der Waals surface area contributed by atoms with Crippen molar-refractivity contribution in [2.24, 2.45) is 0 Å². The number of carbonyl (C=O) groups excluding carboxylic acids is 2. The number of rotatable bonds is 4. The van der Waals surface area contributed by atoms with Crippen LogP contribution in [-0.2, 0) is 14.3 Å². The molecule has 1 aliphatic heterocycles. The molecule has 1 saturated heterocycles. The minimum atomic E-state index is -0.476. The molecule has 0 aromatic carbocycles. The summed E-state index contributed by atoms with van der Waals surface area (Å²) in [5.74, 6) is -0.582. The van der Waals surface area contributed by atoms with Crippen molar-refractivity contribution in [2.75, 3.05) is 19.7 Å². The molecule has 2 heterocycles. The van der Waals surface area contributed by atoms with Gasteiger partial charge in [0.2, 0.25) is 0 Å². The first-order valence-electron chi connectivity index (χ1n) is 5.92. The van der Waals surface area contributed by atoms with Crippen LogP contribution in [0, 0.1) is 0 Å². The third-order valence-electron chi connectivity index (χ3n) is 2.72. The Kier molecular flexibility index (Phi) is 4.52. The highest BCUT2D eigenvalue weighted by Gasteiger charge is 2.18. The van der Waals surface area contributed by atoms with Crippen molar-refractivity contribution in [3.63, 3.8) is 0 Å². The number of hydrogen-bond donors (Lipinski definition) is 0. The van der Waals surface area contributed by atoms with Crippen molar-refractivity contribution in [1.29, 1.82) is 0 Å². The lowest BCUT2D eigenvalue weighted by Crippen LogP contribution is -2.31. The third kappa shape index (κ3) is 3.70. The monoisotopic (exact) mass is 265 g/mol. The highest BCUT2D eigenvalue weighted by atomic mass is 32.1. The predicted octanol–water partition coefficient (Wildman–Crippen LogP) is 1.93. The number of thiophene rings is 1. The van der Waals surface area contributed by atoms with Gasteiger partial charge >= 0.3 is 5.97 Å². The molecule has 18 heavy (non-hydrogen) atoms. The van der Waals surface area contributed by atoms with Crippen LogP contribution in [-0.4, -0.2) is 36.5 Å². The summed E-state index contributed by atoms with van der Waals surface area (Å²) in [4.78, 5) is 25.7. The molecule has 0 unspecified atom stereocenters. The van der Waals surface area contributed by atoms with Crippen LogP contribution in [0.5, 0.6) is 0 Å². The Bertz CT molecular complexity index is 433. The summed E-state index contributed by atoms with van der Waals surface area (Å²) in [6.45, 7) is 1.40. The minimum absolute atomic E-state index is 0.106. The fraction of sp³-hybridized carbons (Fsp3) is 0.385. The van der Waals surface area contributed by atoms with E-state index in [0.717, 1.165) is 30.8 Å². The van der Waals surface area contributed by atoms with Crippen LogP contribution < -0.4 is 0 Å². The summed E-state index contributed by atoms with van der Waals surface area (Å²) < 4.78 is 4.90. The highest BCUT2D eigenvalue weighted by molar-refractivity contribution is 7.10.